The SMILES string of the molecule is CCCC[Si](CCCC)(CCCC)c1ccc(P(c2ccccc2SC)N(C)P(c2ccc([Si](CCCC)(CCCC)CCCC)cc2)c2ccccc2SC)cc1. The van der Waals surface area contributed by atoms with Gasteiger partial charge in [-0.05, 0) is 42.3 Å². The van der Waals surface area contributed by atoms with Crippen molar-refractivity contribution in [1.82, 2.24) is 4.44 Å². The van der Waals surface area contributed by atoms with Crippen LogP contribution in [-0.2, 0) is 0 Å². The van der Waals surface area contributed by atoms with Crippen molar-refractivity contribution >= 4 is 87.4 Å². The first-order chi connectivity index (χ1) is 28.3. The van der Waals surface area contributed by atoms with Crippen molar-refractivity contribution in [2.24, 2.45) is 0 Å². The first kappa shape index (κ1) is 49.5. The summed E-state index contributed by atoms with van der Waals surface area (Å²) in [5, 5.41) is 9.39. The zero-order valence-electron chi connectivity index (χ0n) is 38.1. The van der Waals surface area contributed by atoms with Gasteiger partial charge in [0.2, 0.25) is 0 Å². The zero-order chi connectivity index (χ0) is 41.8. The Balaban J connectivity index is 1.92. The third-order valence-corrected chi connectivity index (χ3v) is 31.1. The second-order valence-corrected chi connectivity index (χ2v) is 32.5. The van der Waals surface area contributed by atoms with Gasteiger partial charge in [-0.1, -0.05) is 250 Å². The first-order valence-corrected chi connectivity index (χ1v) is 33.4. The van der Waals surface area contributed by atoms with Crippen LogP contribution in [0.25, 0.3) is 0 Å². The molecule has 4 aromatic rings. The highest BCUT2D eigenvalue weighted by Crippen LogP contribution is 2.55. The number of nitrogens with zero attached hydrogens (tertiary/aromatic N) is 1. The third-order valence-electron chi connectivity index (χ3n) is 12.7. The van der Waals surface area contributed by atoms with Crippen molar-refractivity contribution in [3.63, 3.8) is 0 Å². The van der Waals surface area contributed by atoms with Crippen LogP contribution in [0.1, 0.15) is 119 Å². The fourth-order valence-corrected chi connectivity index (χ4v) is 28.1. The zero-order valence-corrected chi connectivity index (χ0v) is 43.5. The van der Waals surface area contributed by atoms with Crippen molar-refractivity contribution < 1.29 is 0 Å². The quantitative estimate of drug-likeness (QED) is 0.0318. The molecule has 0 bridgehead atoms. The van der Waals surface area contributed by atoms with Gasteiger partial charge in [-0.2, -0.15) is 0 Å². The van der Waals surface area contributed by atoms with Crippen LogP contribution in [0.15, 0.2) is 107 Å². The number of benzene rings is 4. The van der Waals surface area contributed by atoms with Gasteiger partial charge >= 0.3 is 0 Å². The maximum absolute atomic E-state index is 2.85. The lowest BCUT2D eigenvalue weighted by atomic mass is 10.3. The lowest BCUT2D eigenvalue weighted by Crippen LogP contribution is -2.48. The highest BCUT2D eigenvalue weighted by Gasteiger charge is 2.36. The van der Waals surface area contributed by atoms with Crippen molar-refractivity contribution in [3.8, 4) is 0 Å². The Morgan fingerprint density at radius 1 is 0.414 bits per heavy atom. The van der Waals surface area contributed by atoms with Crippen LogP contribution in [0.4, 0.5) is 0 Å². The molecule has 7 heteroatoms. The fraction of sp³-hybridized carbons (Fsp3) is 0.529. The van der Waals surface area contributed by atoms with E-state index in [9.17, 15) is 0 Å². The van der Waals surface area contributed by atoms with Crippen molar-refractivity contribution in [3.05, 3.63) is 97.1 Å². The molecule has 0 fully saturated rings. The van der Waals surface area contributed by atoms with Crippen LogP contribution >= 0.6 is 39.7 Å². The molecule has 0 heterocycles. The van der Waals surface area contributed by atoms with E-state index >= 15 is 0 Å². The molecule has 0 N–H and O–H groups in total. The topological polar surface area (TPSA) is 3.24 Å². The lowest BCUT2D eigenvalue weighted by Gasteiger charge is -2.38. The van der Waals surface area contributed by atoms with Crippen molar-refractivity contribution in [2.75, 3.05) is 19.6 Å². The predicted molar refractivity (Wildman–Crippen MR) is 279 cm³/mol. The Morgan fingerprint density at radius 2 is 0.690 bits per heavy atom. The largest absolute Gasteiger partial charge is 0.248 e. The van der Waals surface area contributed by atoms with E-state index in [1.807, 2.05) is 23.5 Å². The standard InChI is InChI=1S/C51H79NP2S2Si2/c1-10-16-38-57(39-17-11-2,40-18-12-3)46-34-30-44(31-35-46)53(48-26-22-24-28-50(48)55-8)52(7)54(49-27-23-25-29-51(49)56-9)45-32-36-47(37-33-45)58(41-19-13-4,42-20-14-5)43-21-15-6/h22-37H,10-21,38-43H2,1-9H3. The molecule has 318 valence electrons. The Labute approximate surface area is 370 Å². The summed E-state index contributed by atoms with van der Waals surface area (Å²) in [4.78, 5) is 2.81. The Bertz CT molecular complexity index is 1560. The number of thioether (sulfide) groups is 2. The normalized spacial score (nSPS) is 13.3. The minimum Gasteiger partial charge on any atom is -0.248 e. The summed E-state index contributed by atoms with van der Waals surface area (Å²) in [5.74, 6) is 0. The van der Waals surface area contributed by atoms with Gasteiger partial charge in [0.1, 0.15) is 0 Å². The lowest BCUT2D eigenvalue weighted by molar-refractivity contribution is 0.800. The fourth-order valence-electron chi connectivity index (χ4n) is 9.24. The minimum absolute atomic E-state index is 0.822. The van der Waals surface area contributed by atoms with Crippen LogP contribution in [0.3, 0.4) is 0 Å². The van der Waals surface area contributed by atoms with Crippen LogP contribution < -0.4 is 31.6 Å². The maximum atomic E-state index is 2.85. The molecule has 0 saturated heterocycles. The highest BCUT2D eigenvalue weighted by molar-refractivity contribution is 8.00. The Morgan fingerprint density at radius 3 is 0.948 bits per heavy atom. The highest BCUT2D eigenvalue weighted by atomic mass is 32.2. The molecule has 2 unspecified atom stereocenters. The summed E-state index contributed by atoms with van der Waals surface area (Å²) in [7, 11) is -2.39. The third kappa shape index (κ3) is 12.9. The van der Waals surface area contributed by atoms with Crippen molar-refractivity contribution in [2.45, 2.75) is 165 Å². The van der Waals surface area contributed by atoms with E-state index < -0.39 is 32.3 Å². The molecular formula is C51H79NP2S2Si2. The van der Waals surface area contributed by atoms with E-state index in [0.29, 0.717) is 0 Å². The van der Waals surface area contributed by atoms with Gasteiger partial charge in [0.15, 0.2) is 0 Å². The van der Waals surface area contributed by atoms with Crippen LogP contribution in [0.5, 0.6) is 0 Å². The number of unbranched alkanes of at least 4 members (excludes halogenated alkanes) is 6. The van der Waals surface area contributed by atoms with E-state index in [2.05, 4.69) is 163 Å². The smallest absolute Gasteiger partial charge is 0.0867 e. The van der Waals surface area contributed by atoms with Gasteiger partial charge in [-0.15, -0.1) is 23.5 Å². The van der Waals surface area contributed by atoms with E-state index in [1.165, 1.54) is 144 Å². The predicted octanol–water partition coefficient (Wildman–Crippen LogP) is 14.6. The monoisotopic (exact) mass is 887 g/mol. The average molecular weight is 888 g/mol. The second-order valence-electron chi connectivity index (χ2n) is 16.7. The summed E-state index contributed by atoms with van der Waals surface area (Å²) < 4.78 is 2.85. The molecule has 2 atom stereocenters. The molecule has 1 nitrogen and oxygen atoms in total. The first-order valence-electron chi connectivity index (χ1n) is 23.1. The Kier molecular flexibility index (Phi) is 22.5. The van der Waals surface area contributed by atoms with Gasteiger partial charge in [-0.3, -0.25) is 0 Å². The molecule has 4 aromatic carbocycles. The molecule has 58 heavy (non-hydrogen) atoms. The summed E-state index contributed by atoms with van der Waals surface area (Å²) in [6.45, 7) is 14.3. The molecule has 0 spiro atoms. The minimum atomic E-state index is -1.61. The van der Waals surface area contributed by atoms with Gasteiger partial charge in [0.05, 0.1) is 16.1 Å². The van der Waals surface area contributed by atoms with Gasteiger partial charge in [0.25, 0.3) is 0 Å². The summed E-state index contributed by atoms with van der Waals surface area (Å²) in [6, 6.07) is 48.2. The number of hydrogen-bond donors (Lipinski definition) is 0. The summed E-state index contributed by atoms with van der Waals surface area (Å²) >= 11 is 3.82. The van der Waals surface area contributed by atoms with E-state index in [1.54, 1.807) is 10.4 Å². The molecular weight excluding hydrogens is 809 g/mol. The van der Waals surface area contributed by atoms with Crippen LogP contribution in [0.2, 0.25) is 36.3 Å². The Hall–Kier alpha value is -1.17. The van der Waals surface area contributed by atoms with E-state index in [0.717, 1.165) is 0 Å². The summed E-state index contributed by atoms with van der Waals surface area (Å²) in [6.07, 6.45) is 20.5. The average Bonchev–Trinajstić information content (AvgIpc) is 3.27. The molecule has 4 rings (SSSR count). The van der Waals surface area contributed by atoms with E-state index in [-0.39, 0.29) is 0 Å². The number of rotatable bonds is 28. The summed E-state index contributed by atoms with van der Waals surface area (Å²) in [5.41, 5.74) is 0. The van der Waals surface area contributed by atoms with Crippen LogP contribution in [0, 0.1) is 0 Å². The van der Waals surface area contributed by atoms with Gasteiger partial charge < -0.3 is 0 Å². The molecule has 0 aliphatic rings. The second kappa shape index (κ2) is 26.3. The molecule has 0 saturated carbocycles. The van der Waals surface area contributed by atoms with Gasteiger partial charge in [0, 0.05) is 36.5 Å². The van der Waals surface area contributed by atoms with Gasteiger partial charge in [-0.25, -0.2) is 4.44 Å². The number of hydrogen-bond acceptors (Lipinski definition) is 3. The maximum Gasteiger partial charge on any atom is 0.0867 e. The molecule has 0 aliphatic carbocycles. The van der Waals surface area contributed by atoms with Crippen LogP contribution in [-0.4, -0.2) is 40.1 Å². The molecule has 0 amide bonds. The molecule has 0 aliphatic heterocycles. The molecule has 0 aromatic heterocycles. The molecule has 0 radical (unpaired) electrons. The van der Waals surface area contributed by atoms with E-state index in [4.69, 9.17) is 0 Å². The van der Waals surface area contributed by atoms with Crippen molar-refractivity contribution in [1.29, 1.82) is 0 Å².